The van der Waals surface area contributed by atoms with Gasteiger partial charge in [0.25, 0.3) is 0 Å². The number of piperidine rings is 1. The summed E-state index contributed by atoms with van der Waals surface area (Å²) in [5.74, 6) is 2.95. The van der Waals surface area contributed by atoms with E-state index in [0.717, 1.165) is 49.6 Å². The summed E-state index contributed by atoms with van der Waals surface area (Å²) < 4.78 is 16.3. The zero-order valence-electron chi connectivity index (χ0n) is 22.6. The summed E-state index contributed by atoms with van der Waals surface area (Å²) >= 11 is 0. The minimum atomic E-state index is 0.420. The van der Waals surface area contributed by atoms with E-state index >= 15 is 0 Å². The van der Waals surface area contributed by atoms with Gasteiger partial charge in [0, 0.05) is 61.5 Å². The van der Waals surface area contributed by atoms with E-state index in [9.17, 15) is 0 Å². The fraction of sp³-hybridized carbons (Fsp3) is 0.300. The molecule has 202 valence electrons. The fourth-order valence-electron chi connectivity index (χ4n) is 4.78. The number of hydrogen-bond acceptors (Lipinski definition) is 9. The molecular formula is C30H34N6O3. The van der Waals surface area contributed by atoms with Crippen molar-refractivity contribution in [2.24, 2.45) is 0 Å². The normalized spacial score (nSPS) is 14.0. The molecule has 1 aliphatic rings. The first-order chi connectivity index (χ1) is 19.1. The minimum absolute atomic E-state index is 0.420. The summed E-state index contributed by atoms with van der Waals surface area (Å²) in [4.78, 5) is 16.2. The third-order valence-corrected chi connectivity index (χ3v) is 6.82. The molecule has 4 aromatic rings. The van der Waals surface area contributed by atoms with Crippen LogP contribution >= 0.6 is 0 Å². The molecule has 0 saturated carbocycles. The molecular weight excluding hydrogens is 492 g/mol. The predicted molar refractivity (Wildman–Crippen MR) is 153 cm³/mol. The summed E-state index contributed by atoms with van der Waals surface area (Å²) in [6, 6.07) is 20.6. The van der Waals surface area contributed by atoms with E-state index in [0.29, 0.717) is 34.9 Å². The lowest BCUT2D eigenvalue weighted by Crippen LogP contribution is -2.38. The molecule has 0 unspecified atom stereocenters. The van der Waals surface area contributed by atoms with Gasteiger partial charge in [0.1, 0.15) is 5.82 Å². The SMILES string of the molecule is COc1cc(Nc2nccc(-c3ccc(NC4CCN(Cc5ccccc5)CC4)nc3)n2)cc(OC)c1OC. The number of nitrogens with zero attached hydrogens (tertiary/aromatic N) is 4. The number of benzene rings is 2. The van der Waals surface area contributed by atoms with Gasteiger partial charge in [-0.1, -0.05) is 30.3 Å². The molecule has 0 spiro atoms. The van der Waals surface area contributed by atoms with Gasteiger partial charge < -0.3 is 24.8 Å². The maximum atomic E-state index is 5.44. The second-order valence-corrected chi connectivity index (χ2v) is 9.42. The number of pyridine rings is 1. The highest BCUT2D eigenvalue weighted by Gasteiger charge is 2.19. The number of anilines is 3. The van der Waals surface area contributed by atoms with Crippen LogP contribution in [0, 0.1) is 0 Å². The maximum absolute atomic E-state index is 5.44. The molecule has 9 heteroatoms. The summed E-state index contributed by atoms with van der Waals surface area (Å²) in [7, 11) is 4.74. The quantitative estimate of drug-likeness (QED) is 0.282. The monoisotopic (exact) mass is 526 g/mol. The lowest BCUT2D eigenvalue weighted by molar-refractivity contribution is 0.211. The third kappa shape index (κ3) is 6.56. The summed E-state index contributed by atoms with van der Waals surface area (Å²) in [6.07, 6.45) is 5.76. The third-order valence-electron chi connectivity index (χ3n) is 6.82. The summed E-state index contributed by atoms with van der Waals surface area (Å²) in [6.45, 7) is 3.16. The predicted octanol–water partition coefficient (Wildman–Crippen LogP) is 5.38. The van der Waals surface area contributed by atoms with Crippen molar-refractivity contribution < 1.29 is 14.2 Å². The van der Waals surface area contributed by atoms with Crippen LogP contribution in [0.4, 0.5) is 17.5 Å². The number of nitrogens with one attached hydrogen (secondary N) is 2. The molecule has 39 heavy (non-hydrogen) atoms. The highest BCUT2D eigenvalue weighted by molar-refractivity contribution is 5.67. The molecule has 0 atom stereocenters. The molecule has 1 aliphatic heterocycles. The van der Waals surface area contributed by atoms with Crippen LogP contribution in [-0.4, -0.2) is 60.3 Å². The standard InChI is InChI=1S/C30H34N6O3/c1-37-26-17-24(18-27(38-2)29(26)39-3)34-30-31-14-11-25(35-30)22-9-10-28(32-19-22)33-23-12-15-36(16-13-23)20-21-7-5-4-6-8-21/h4-11,14,17-19,23H,12-13,15-16,20H2,1-3H3,(H,32,33)(H,31,34,35). The van der Waals surface area contributed by atoms with Crippen molar-refractivity contribution in [2.75, 3.05) is 45.1 Å². The molecule has 2 aromatic carbocycles. The lowest BCUT2D eigenvalue weighted by Gasteiger charge is -2.32. The summed E-state index contributed by atoms with van der Waals surface area (Å²) in [5, 5.41) is 6.83. The van der Waals surface area contributed by atoms with Gasteiger partial charge in [0.2, 0.25) is 11.7 Å². The van der Waals surface area contributed by atoms with Crippen LogP contribution in [0.3, 0.4) is 0 Å². The first kappa shape index (κ1) is 26.2. The Kier molecular flexibility index (Phi) is 8.38. The molecule has 5 rings (SSSR count). The Labute approximate surface area is 229 Å². The van der Waals surface area contributed by atoms with Crippen LogP contribution in [0.25, 0.3) is 11.3 Å². The molecule has 3 heterocycles. The molecule has 1 fully saturated rings. The van der Waals surface area contributed by atoms with E-state index in [-0.39, 0.29) is 0 Å². The van der Waals surface area contributed by atoms with Gasteiger partial charge in [-0.05, 0) is 36.6 Å². The van der Waals surface area contributed by atoms with Gasteiger partial charge in [-0.15, -0.1) is 0 Å². The number of methoxy groups -OCH3 is 3. The van der Waals surface area contributed by atoms with E-state index in [1.54, 1.807) is 27.5 Å². The zero-order valence-corrected chi connectivity index (χ0v) is 22.6. The van der Waals surface area contributed by atoms with Crippen LogP contribution in [-0.2, 0) is 6.54 Å². The van der Waals surface area contributed by atoms with Gasteiger partial charge in [-0.25, -0.2) is 15.0 Å². The van der Waals surface area contributed by atoms with Crippen molar-refractivity contribution in [1.29, 1.82) is 0 Å². The Morgan fingerprint density at radius 1 is 0.872 bits per heavy atom. The molecule has 0 bridgehead atoms. The number of rotatable bonds is 10. The van der Waals surface area contributed by atoms with Crippen molar-refractivity contribution >= 4 is 17.5 Å². The first-order valence-electron chi connectivity index (χ1n) is 13.0. The zero-order chi connectivity index (χ0) is 27.0. The van der Waals surface area contributed by atoms with Gasteiger partial charge in [-0.3, -0.25) is 4.90 Å². The van der Waals surface area contributed by atoms with E-state index in [1.807, 2.05) is 36.5 Å². The highest BCUT2D eigenvalue weighted by atomic mass is 16.5. The number of likely N-dealkylation sites (tertiary alicyclic amines) is 1. The topological polar surface area (TPSA) is 93.7 Å². The van der Waals surface area contributed by atoms with Crippen molar-refractivity contribution in [3.63, 3.8) is 0 Å². The lowest BCUT2D eigenvalue weighted by atomic mass is 10.0. The Morgan fingerprint density at radius 3 is 2.26 bits per heavy atom. The van der Waals surface area contributed by atoms with Gasteiger partial charge in [0.05, 0.1) is 27.0 Å². The Morgan fingerprint density at radius 2 is 1.62 bits per heavy atom. The van der Waals surface area contributed by atoms with E-state index in [2.05, 4.69) is 60.8 Å². The molecule has 2 aromatic heterocycles. The second-order valence-electron chi connectivity index (χ2n) is 9.42. The average Bonchev–Trinajstić information content (AvgIpc) is 2.98. The molecule has 0 aliphatic carbocycles. The smallest absolute Gasteiger partial charge is 0.227 e. The number of hydrogen-bond donors (Lipinski definition) is 2. The van der Waals surface area contributed by atoms with E-state index < -0.39 is 0 Å². The second kappa shape index (κ2) is 12.4. The van der Waals surface area contributed by atoms with Gasteiger partial charge in [-0.2, -0.15) is 0 Å². The van der Waals surface area contributed by atoms with Gasteiger partial charge >= 0.3 is 0 Å². The molecule has 9 nitrogen and oxygen atoms in total. The number of aromatic nitrogens is 3. The van der Waals surface area contributed by atoms with E-state index in [4.69, 9.17) is 14.2 Å². The minimum Gasteiger partial charge on any atom is -0.493 e. The van der Waals surface area contributed by atoms with Crippen LogP contribution in [0.15, 0.2) is 73.1 Å². The maximum Gasteiger partial charge on any atom is 0.227 e. The molecule has 0 radical (unpaired) electrons. The van der Waals surface area contributed by atoms with Crippen molar-refractivity contribution in [2.45, 2.75) is 25.4 Å². The average molecular weight is 527 g/mol. The van der Waals surface area contributed by atoms with Gasteiger partial charge in [0.15, 0.2) is 11.5 Å². The van der Waals surface area contributed by atoms with Crippen LogP contribution < -0.4 is 24.8 Å². The fourth-order valence-corrected chi connectivity index (χ4v) is 4.78. The first-order valence-corrected chi connectivity index (χ1v) is 13.0. The van der Waals surface area contributed by atoms with Crippen LogP contribution in [0.1, 0.15) is 18.4 Å². The van der Waals surface area contributed by atoms with Crippen LogP contribution in [0.2, 0.25) is 0 Å². The van der Waals surface area contributed by atoms with E-state index in [1.165, 1.54) is 5.56 Å². The van der Waals surface area contributed by atoms with Crippen LogP contribution in [0.5, 0.6) is 17.2 Å². The highest BCUT2D eigenvalue weighted by Crippen LogP contribution is 2.40. The Hall–Kier alpha value is -4.37. The molecule has 1 saturated heterocycles. The Balaban J connectivity index is 1.19. The van der Waals surface area contributed by atoms with Crippen molar-refractivity contribution in [3.8, 4) is 28.5 Å². The molecule has 2 N–H and O–H groups in total. The Bertz CT molecular complexity index is 1330. The van der Waals surface area contributed by atoms with Crippen molar-refractivity contribution in [1.82, 2.24) is 19.9 Å². The summed E-state index contributed by atoms with van der Waals surface area (Å²) in [5.41, 5.74) is 3.77. The largest absolute Gasteiger partial charge is 0.493 e. The number of ether oxygens (including phenoxy) is 3. The molecule has 0 amide bonds. The van der Waals surface area contributed by atoms with Crippen molar-refractivity contribution in [3.05, 3.63) is 78.6 Å².